The molecule has 0 radical (unpaired) electrons. The van der Waals surface area contributed by atoms with E-state index in [0.29, 0.717) is 12.8 Å². The smallest absolute Gasteiger partial charge is 0.306 e. The lowest BCUT2D eigenvalue weighted by molar-refractivity contribution is -0.166. The van der Waals surface area contributed by atoms with Crippen molar-refractivity contribution < 1.29 is 28.6 Å². The highest BCUT2D eigenvalue weighted by Crippen LogP contribution is 2.12. The van der Waals surface area contributed by atoms with Crippen LogP contribution >= 0.6 is 0 Å². The minimum Gasteiger partial charge on any atom is -0.462 e. The van der Waals surface area contributed by atoms with Crippen molar-refractivity contribution in [3.05, 3.63) is 146 Å². The molecule has 0 rings (SSSR count). The number of hydrogen-bond donors (Lipinski definition) is 0. The highest BCUT2D eigenvalue weighted by atomic mass is 16.6. The molecular weight excluding hydrogens is 829 g/mol. The molecule has 1 atom stereocenters. The van der Waals surface area contributed by atoms with Gasteiger partial charge in [0, 0.05) is 19.3 Å². The molecule has 0 aliphatic carbocycles. The van der Waals surface area contributed by atoms with Crippen LogP contribution in [0.15, 0.2) is 146 Å². The quantitative estimate of drug-likeness (QED) is 0.0262. The Labute approximate surface area is 410 Å². The molecule has 67 heavy (non-hydrogen) atoms. The summed E-state index contributed by atoms with van der Waals surface area (Å²) in [5.74, 6) is -1.06. The first-order valence-corrected chi connectivity index (χ1v) is 26.3. The van der Waals surface area contributed by atoms with E-state index in [-0.39, 0.29) is 44.0 Å². The number of esters is 3. The van der Waals surface area contributed by atoms with Gasteiger partial charge < -0.3 is 14.2 Å². The number of hydrogen-bond acceptors (Lipinski definition) is 6. The summed E-state index contributed by atoms with van der Waals surface area (Å²) in [7, 11) is 0. The van der Waals surface area contributed by atoms with Gasteiger partial charge in [0.2, 0.25) is 0 Å². The fourth-order valence-electron chi connectivity index (χ4n) is 6.49. The molecule has 0 aromatic rings. The van der Waals surface area contributed by atoms with Crippen molar-refractivity contribution in [2.75, 3.05) is 13.2 Å². The van der Waals surface area contributed by atoms with E-state index < -0.39 is 6.10 Å². The van der Waals surface area contributed by atoms with Crippen LogP contribution in [-0.2, 0) is 28.6 Å². The summed E-state index contributed by atoms with van der Waals surface area (Å²) in [5, 5.41) is 0. The van der Waals surface area contributed by atoms with Gasteiger partial charge in [-0.1, -0.05) is 205 Å². The Kier molecular flexibility index (Phi) is 50.1. The second-order valence-electron chi connectivity index (χ2n) is 16.6. The highest BCUT2D eigenvalue weighted by molar-refractivity contribution is 5.71. The molecule has 0 saturated heterocycles. The molecule has 0 N–H and O–H groups in total. The monoisotopic (exact) mass is 923 g/mol. The Morgan fingerprint density at radius 1 is 0.299 bits per heavy atom. The zero-order valence-corrected chi connectivity index (χ0v) is 42.6. The zero-order chi connectivity index (χ0) is 48.6. The van der Waals surface area contributed by atoms with Crippen LogP contribution in [0.2, 0.25) is 0 Å². The standard InChI is InChI=1S/C61H94O6/c1-4-7-10-13-16-19-22-25-28-29-30-31-34-36-39-42-45-48-51-54-60(63)66-57-58(67-61(64)55-52-49-46-43-40-37-33-27-24-21-18-15-12-9-6-3)56-65-59(62)53-50-47-44-41-38-35-32-26-23-20-17-14-11-8-5-2/h7-12,16-21,25-28,30-33,36,39,45,48,58H,4-6,13-15,22-24,29,34-35,37-38,40-44,46-47,49-57H2,1-3H3/b10-7-,11-8-,12-9-,19-16-,20-17-,21-18-,28-25-,31-30-,32-26-,33-27-,39-36-,48-45-. The lowest BCUT2D eigenvalue weighted by Gasteiger charge is -2.18. The number of carbonyl (C=O) groups is 3. The first-order chi connectivity index (χ1) is 33.0. The SMILES string of the molecule is CC/C=C\C/C=C\C/C=C\C/C=C\C/C=C\C/C=C\CCC(=O)OCC(COC(=O)CCCCCCC/C=C\C/C=C\C/C=C\CC)OC(=O)CCCCCCC/C=C\C/C=C\C/C=C\CC. The van der Waals surface area contributed by atoms with E-state index in [1.807, 2.05) is 12.2 Å². The van der Waals surface area contributed by atoms with Crippen LogP contribution in [0, 0.1) is 0 Å². The second kappa shape index (κ2) is 53.9. The third-order valence-electron chi connectivity index (χ3n) is 10.3. The summed E-state index contributed by atoms with van der Waals surface area (Å²) >= 11 is 0. The number of allylic oxidation sites excluding steroid dienone is 24. The second-order valence-corrected chi connectivity index (χ2v) is 16.6. The molecule has 0 saturated carbocycles. The number of ether oxygens (including phenoxy) is 3. The van der Waals surface area contributed by atoms with E-state index in [1.165, 1.54) is 0 Å². The van der Waals surface area contributed by atoms with Gasteiger partial charge in [-0.05, 0) is 122 Å². The van der Waals surface area contributed by atoms with E-state index in [9.17, 15) is 14.4 Å². The van der Waals surface area contributed by atoms with Crippen LogP contribution < -0.4 is 0 Å². The third-order valence-corrected chi connectivity index (χ3v) is 10.3. The lowest BCUT2D eigenvalue weighted by Crippen LogP contribution is -2.30. The van der Waals surface area contributed by atoms with Crippen molar-refractivity contribution in [3.63, 3.8) is 0 Å². The normalized spacial score (nSPS) is 13.3. The molecular formula is C61H94O6. The Bertz CT molecular complexity index is 1530. The number of rotatable bonds is 45. The van der Waals surface area contributed by atoms with E-state index in [0.717, 1.165) is 154 Å². The molecule has 1 unspecified atom stereocenters. The predicted octanol–water partition coefficient (Wildman–Crippen LogP) is 17.6. The van der Waals surface area contributed by atoms with Gasteiger partial charge in [-0.2, -0.15) is 0 Å². The van der Waals surface area contributed by atoms with Crippen LogP contribution in [0.1, 0.15) is 201 Å². The number of carbonyl (C=O) groups excluding carboxylic acids is 3. The van der Waals surface area contributed by atoms with Crippen LogP contribution in [0.3, 0.4) is 0 Å². The number of unbranched alkanes of at least 4 members (excludes halogenated alkanes) is 10. The van der Waals surface area contributed by atoms with E-state index in [4.69, 9.17) is 14.2 Å². The summed E-state index contributed by atoms with van der Waals surface area (Å²) in [5.41, 5.74) is 0. The molecule has 0 spiro atoms. The van der Waals surface area contributed by atoms with Gasteiger partial charge >= 0.3 is 17.9 Å². The molecule has 0 amide bonds. The van der Waals surface area contributed by atoms with Crippen molar-refractivity contribution in [2.24, 2.45) is 0 Å². The fourth-order valence-corrected chi connectivity index (χ4v) is 6.49. The maximum absolute atomic E-state index is 12.8. The zero-order valence-electron chi connectivity index (χ0n) is 42.6. The molecule has 0 aromatic carbocycles. The Morgan fingerprint density at radius 2 is 0.567 bits per heavy atom. The third kappa shape index (κ3) is 52.1. The van der Waals surface area contributed by atoms with E-state index in [1.54, 1.807) is 0 Å². The van der Waals surface area contributed by atoms with Crippen molar-refractivity contribution in [3.8, 4) is 0 Å². The molecule has 374 valence electrons. The molecule has 0 bridgehead atoms. The van der Waals surface area contributed by atoms with Gasteiger partial charge in [-0.15, -0.1) is 0 Å². The van der Waals surface area contributed by atoms with Gasteiger partial charge in [-0.3, -0.25) is 14.4 Å². The Balaban J connectivity index is 4.59. The van der Waals surface area contributed by atoms with Crippen LogP contribution in [-0.4, -0.2) is 37.2 Å². The largest absolute Gasteiger partial charge is 0.462 e. The maximum atomic E-state index is 12.8. The lowest BCUT2D eigenvalue weighted by atomic mass is 10.1. The average molecular weight is 923 g/mol. The molecule has 0 aliphatic heterocycles. The maximum Gasteiger partial charge on any atom is 0.306 e. The van der Waals surface area contributed by atoms with Crippen molar-refractivity contribution >= 4 is 17.9 Å². The van der Waals surface area contributed by atoms with Crippen molar-refractivity contribution in [1.29, 1.82) is 0 Å². The topological polar surface area (TPSA) is 78.9 Å². The molecule has 6 nitrogen and oxygen atoms in total. The molecule has 6 heteroatoms. The van der Waals surface area contributed by atoms with Crippen molar-refractivity contribution in [2.45, 2.75) is 207 Å². The van der Waals surface area contributed by atoms with Crippen molar-refractivity contribution in [1.82, 2.24) is 0 Å². The van der Waals surface area contributed by atoms with Gasteiger partial charge in [0.05, 0.1) is 0 Å². The summed E-state index contributed by atoms with van der Waals surface area (Å²) in [6.45, 7) is 6.18. The summed E-state index contributed by atoms with van der Waals surface area (Å²) in [6.07, 6.45) is 77.0. The van der Waals surface area contributed by atoms with Crippen LogP contribution in [0.5, 0.6) is 0 Å². The van der Waals surface area contributed by atoms with Crippen LogP contribution in [0.25, 0.3) is 0 Å². The highest BCUT2D eigenvalue weighted by Gasteiger charge is 2.19. The summed E-state index contributed by atoms with van der Waals surface area (Å²) in [4.78, 5) is 38.0. The molecule has 0 aromatic heterocycles. The Morgan fingerprint density at radius 3 is 0.925 bits per heavy atom. The van der Waals surface area contributed by atoms with E-state index in [2.05, 4.69) is 154 Å². The first-order valence-electron chi connectivity index (χ1n) is 26.3. The Hall–Kier alpha value is -4.71. The molecule has 0 fully saturated rings. The van der Waals surface area contributed by atoms with E-state index >= 15 is 0 Å². The summed E-state index contributed by atoms with van der Waals surface area (Å²) < 4.78 is 16.7. The summed E-state index contributed by atoms with van der Waals surface area (Å²) in [6, 6.07) is 0. The molecule has 0 heterocycles. The average Bonchev–Trinajstić information content (AvgIpc) is 3.33. The molecule has 0 aliphatic rings. The van der Waals surface area contributed by atoms with Gasteiger partial charge in [-0.25, -0.2) is 0 Å². The van der Waals surface area contributed by atoms with Gasteiger partial charge in [0.1, 0.15) is 13.2 Å². The fraction of sp³-hybridized carbons (Fsp3) is 0.557. The first kappa shape index (κ1) is 62.3. The predicted molar refractivity (Wildman–Crippen MR) is 288 cm³/mol. The minimum absolute atomic E-state index is 0.124. The van der Waals surface area contributed by atoms with Crippen LogP contribution in [0.4, 0.5) is 0 Å². The van der Waals surface area contributed by atoms with Gasteiger partial charge in [0.15, 0.2) is 6.10 Å². The van der Waals surface area contributed by atoms with Gasteiger partial charge in [0.25, 0.3) is 0 Å². The minimum atomic E-state index is -0.831.